The molecule has 1 atom stereocenters. The molecule has 1 aliphatic heterocycles. The van der Waals surface area contributed by atoms with E-state index in [0.29, 0.717) is 19.0 Å². The van der Waals surface area contributed by atoms with Crippen LogP contribution in [0.4, 0.5) is 0 Å². The summed E-state index contributed by atoms with van der Waals surface area (Å²) in [5, 5.41) is 0.921. The molecule has 2 aromatic rings. The Hall–Kier alpha value is -1.66. The van der Waals surface area contributed by atoms with Crippen LogP contribution in [0.15, 0.2) is 36.4 Å². The van der Waals surface area contributed by atoms with Crippen LogP contribution < -0.4 is 4.74 Å². The van der Waals surface area contributed by atoms with Crippen molar-refractivity contribution >= 4 is 20.9 Å². The number of ether oxygens (including phenoxy) is 1. The van der Waals surface area contributed by atoms with Gasteiger partial charge in [0.05, 0.1) is 17.3 Å². The summed E-state index contributed by atoms with van der Waals surface area (Å²) in [6, 6.07) is 11.7. The maximum absolute atomic E-state index is 12.2. The normalized spacial score (nSPS) is 23.0. The van der Waals surface area contributed by atoms with Crippen molar-refractivity contribution in [3.63, 3.8) is 0 Å². The minimum atomic E-state index is -3.09. The molecule has 1 saturated heterocycles. The zero-order valence-electron chi connectivity index (χ0n) is 12.2. The molecule has 2 fully saturated rings. The van der Waals surface area contributed by atoms with Crippen molar-refractivity contribution in [1.29, 1.82) is 0 Å². The number of para-hydroxylation sites is 1. The van der Waals surface area contributed by atoms with Gasteiger partial charge in [-0.1, -0.05) is 18.2 Å². The van der Waals surface area contributed by atoms with Gasteiger partial charge in [-0.15, -0.1) is 0 Å². The number of hydrogen-bond donors (Lipinski definition) is 0. The minimum Gasteiger partial charge on any atom is -0.473 e. The fourth-order valence-electron chi connectivity index (χ4n) is 2.89. The van der Waals surface area contributed by atoms with E-state index in [9.17, 15) is 8.42 Å². The minimum absolute atomic E-state index is 0.109. The summed E-state index contributed by atoms with van der Waals surface area (Å²) in [5.41, 5.74) is 0.889. The van der Waals surface area contributed by atoms with Gasteiger partial charge in [0.25, 0.3) is 0 Å². The first-order valence-electron chi connectivity index (χ1n) is 7.64. The van der Waals surface area contributed by atoms with Gasteiger partial charge >= 0.3 is 0 Å². The Kier molecular flexibility index (Phi) is 3.31. The van der Waals surface area contributed by atoms with E-state index in [4.69, 9.17) is 4.74 Å². The maximum Gasteiger partial charge on any atom is 0.217 e. The third-order valence-electron chi connectivity index (χ3n) is 4.27. The van der Waals surface area contributed by atoms with Crippen LogP contribution >= 0.6 is 0 Å². The van der Waals surface area contributed by atoms with E-state index in [1.54, 1.807) is 4.31 Å². The average molecular weight is 318 g/mol. The van der Waals surface area contributed by atoms with Gasteiger partial charge in [-0.3, -0.25) is 0 Å². The summed E-state index contributed by atoms with van der Waals surface area (Å²) >= 11 is 0. The monoisotopic (exact) mass is 318 g/mol. The lowest BCUT2D eigenvalue weighted by Crippen LogP contribution is -2.33. The second-order valence-corrected chi connectivity index (χ2v) is 8.19. The first-order valence-corrected chi connectivity index (χ1v) is 9.15. The van der Waals surface area contributed by atoms with Crippen LogP contribution in [0.3, 0.4) is 0 Å². The standard InChI is InChI=1S/C16H18N2O3S/c19-22(20,14-6-7-14)18-10-9-13(11-18)21-16-8-5-12-3-1-2-4-15(12)17-16/h1-5,8,13-14H,6-7,9-11H2/t13-/m1/s1. The lowest BCUT2D eigenvalue weighted by atomic mass is 10.2. The number of fused-ring (bicyclic) bond motifs is 1. The Morgan fingerprint density at radius 3 is 2.73 bits per heavy atom. The highest BCUT2D eigenvalue weighted by molar-refractivity contribution is 7.90. The predicted octanol–water partition coefficient (Wildman–Crippen LogP) is 2.18. The molecule has 1 saturated carbocycles. The van der Waals surface area contributed by atoms with Gasteiger partial charge in [0.15, 0.2) is 0 Å². The van der Waals surface area contributed by atoms with Crippen LogP contribution in [-0.4, -0.2) is 42.2 Å². The van der Waals surface area contributed by atoms with Gasteiger partial charge in [0.1, 0.15) is 6.10 Å². The Labute approximate surface area is 130 Å². The van der Waals surface area contributed by atoms with Crippen molar-refractivity contribution in [1.82, 2.24) is 9.29 Å². The summed E-state index contributed by atoms with van der Waals surface area (Å²) in [4.78, 5) is 4.48. The SMILES string of the molecule is O=S(=O)(C1CC1)N1CC[C@@H](Oc2ccc3ccccc3n2)C1. The summed E-state index contributed by atoms with van der Waals surface area (Å²) in [7, 11) is -3.09. The molecule has 0 spiro atoms. The molecule has 0 unspecified atom stereocenters. The third kappa shape index (κ3) is 2.57. The Morgan fingerprint density at radius 1 is 1.09 bits per heavy atom. The summed E-state index contributed by atoms with van der Waals surface area (Å²) < 4.78 is 31.9. The molecular formula is C16H18N2O3S. The zero-order chi connectivity index (χ0) is 15.2. The summed E-state index contributed by atoms with van der Waals surface area (Å²) in [5.74, 6) is 0.564. The smallest absolute Gasteiger partial charge is 0.217 e. The number of rotatable bonds is 4. The molecule has 6 heteroatoms. The van der Waals surface area contributed by atoms with Gasteiger partial charge < -0.3 is 4.74 Å². The predicted molar refractivity (Wildman–Crippen MR) is 84.3 cm³/mol. The fourth-order valence-corrected chi connectivity index (χ4v) is 4.77. The van der Waals surface area contributed by atoms with Crippen molar-refractivity contribution in [3.05, 3.63) is 36.4 Å². The molecule has 1 aliphatic carbocycles. The second-order valence-electron chi connectivity index (χ2n) is 5.97. The fraction of sp³-hybridized carbons (Fsp3) is 0.438. The summed E-state index contributed by atoms with van der Waals surface area (Å²) in [6.07, 6.45) is 2.22. The first-order chi connectivity index (χ1) is 10.6. The molecule has 0 amide bonds. The van der Waals surface area contributed by atoms with Gasteiger partial charge in [0, 0.05) is 18.0 Å². The molecule has 0 bridgehead atoms. The van der Waals surface area contributed by atoms with E-state index in [1.165, 1.54) is 0 Å². The zero-order valence-corrected chi connectivity index (χ0v) is 13.0. The number of nitrogens with zero attached hydrogens (tertiary/aromatic N) is 2. The number of hydrogen-bond acceptors (Lipinski definition) is 4. The van der Waals surface area contributed by atoms with E-state index in [-0.39, 0.29) is 11.4 Å². The van der Waals surface area contributed by atoms with Crippen molar-refractivity contribution < 1.29 is 13.2 Å². The van der Waals surface area contributed by atoms with E-state index < -0.39 is 10.0 Å². The number of sulfonamides is 1. The Bertz CT molecular complexity index is 802. The topological polar surface area (TPSA) is 59.5 Å². The van der Waals surface area contributed by atoms with Crippen molar-refractivity contribution in [2.45, 2.75) is 30.6 Å². The van der Waals surface area contributed by atoms with Crippen LogP contribution in [0.2, 0.25) is 0 Å². The molecule has 2 heterocycles. The molecule has 0 N–H and O–H groups in total. The van der Waals surface area contributed by atoms with E-state index in [0.717, 1.165) is 30.2 Å². The largest absolute Gasteiger partial charge is 0.473 e. The van der Waals surface area contributed by atoms with Gasteiger partial charge in [0.2, 0.25) is 15.9 Å². The van der Waals surface area contributed by atoms with Gasteiger partial charge in [-0.05, 0) is 31.4 Å². The highest BCUT2D eigenvalue weighted by Gasteiger charge is 2.43. The molecule has 116 valence electrons. The second kappa shape index (κ2) is 5.21. The van der Waals surface area contributed by atoms with Crippen LogP contribution in [0.25, 0.3) is 10.9 Å². The molecule has 1 aromatic heterocycles. The molecule has 4 rings (SSSR count). The molecular weight excluding hydrogens is 300 g/mol. The van der Waals surface area contributed by atoms with Crippen molar-refractivity contribution in [2.75, 3.05) is 13.1 Å². The van der Waals surface area contributed by atoms with Crippen LogP contribution in [0.5, 0.6) is 5.88 Å². The number of benzene rings is 1. The Balaban J connectivity index is 1.47. The quantitative estimate of drug-likeness (QED) is 0.867. The highest BCUT2D eigenvalue weighted by atomic mass is 32.2. The van der Waals surface area contributed by atoms with Crippen molar-refractivity contribution in [3.8, 4) is 5.88 Å². The number of pyridine rings is 1. The average Bonchev–Trinajstić information content (AvgIpc) is 3.28. The molecule has 2 aliphatic rings. The van der Waals surface area contributed by atoms with Crippen LogP contribution in [0, 0.1) is 0 Å². The molecule has 0 radical (unpaired) electrons. The van der Waals surface area contributed by atoms with Gasteiger partial charge in [-0.2, -0.15) is 4.31 Å². The highest BCUT2D eigenvalue weighted by Crippen LogP contribution is 2.33. The van der Waals surface area contributed by atoms with Crippen LogP contribution in [-0.2, 0) is 10.0 Å². The maximum atomic E-state index is 12.2. The van der Waals surface area contributed by atoms with E-state index in [1.807, 2.05) is 36.4 Å². The van der Waals surface area contributed by atoms with E-state index in [2.05, 4.69) is 4.98 Å². The van der Waals surface area contributed by atoms with Crippen LogP contribution in [0.1, 0.15) is 19.3 Å². The van der Waals surface area contributed by atoms with E-state index >= 15 is 0 Å². The first kappa shape index (κ1) is 14.0. The lowest BCUT2D eigenvalue weighted by molar-refractivity contribution is 0.207. The molecule has 1 aromatic carbocycles. The molecule has 22 heavy (non-hydrogen) atoms. The molecule has 5 nitrogen and oxygen atoms in total. The van der Waals surface area contributed by atoms with Gasteiger partial charge in [-0.25, -0.2) is 13.4 Å². The summed E-state index contributed by atoms with van der Waals surface area (Å²) in [6.45, 7) is 0.990. The Morgan fingerprint density at radius 2 is 1.91 bits per heavy atom. The third-order valence-corrected chi connectivity index (χ3v) is 6.64. The van der Waals surface area contributed by atoms with Crippen molar-refractivity contribution in [2.24, 2.45) is 0 Å². The lowest BCUT2D eigenvalue weighted by Gasteiger charge is -2.16. The number of aromatic nitrogens is 1.